The number of carboxylic acids is 1. The normalized spacial score (nSPS) is 15.9. The lowest BCUT2D eigenvalue weighted by Gasteiger charge is -2.17. The van der Waals surface area contributed by atoms with Crippen LogP contribution in [0.2, 0.25) is 0 Å². The predicted molar refractivity (Wildman–Crippen MR) is 44.6 cm³/mol. The Morgan fingerprint density at radius 3 is 2.55 bits per heavy atom. The lowest BCUT2D eigenvalue weighted by atomic mass is 10.3. The maximum Gasteiger partial charge on any atom is 0.304 e. The van der Waals surface area contributed by atoms with Crippen molar-refractivity contribution >= 4 is 17.7 Å². The number of nitrogens with one attached hydrogen (secondary N) is 1. The number of hydrogen-bond donors (Lipinski definition) is 3. The van der Waals surface area contributed by atoms with Crippen LogP contribution in [0.3, 0.4) is 0 Å². The largest absolute Gasteiger partial charge is 0.481 e. The minimum Gasteiger partial charge on any atom is -0.481 e. The van der Waals surface area contributed by atoms with E-state index >= 15 is 0 Å². The van der Waals surface area contributed by atoms with Crippen LogP contribution in [-0.4, -0.2) is 41.0 Å². The molecule has 0 heterocycles. The molecule has 0 aromatic rings. The minimum absolute atomic E-state index is 0.0246. The summed E-state index contributed by atoms with van der Waals surface area (Å²) in [7, 11) is 1.59. The average molecular weight is 179 g/mol. The first-order valence-corrected chi connectivity index (χ1v) is 4.50. The smallest absolute Gasteiger partial charge is 0.304 e. The average Bonchev–Trinajstić information content (AvgIpc) is 1.98. The van der Waals surface area contributed by atoms with Crippen LogP contribution in [0, 0.1) is 0 Å². The molecule has 5 heteroatoms. The Labute approximate surface area is 70.0 Å². The first kappa shape index (κ1) is 10.7. The van der Waals surface area contributed by atoms with E-state index in [1.165, 1.54) is 11.8 Å². The zero-order chi connectivity index (χ0) is 8.85. The van der Waals surface area contributed by atoms with Gasteiger partial charge >= 0.3 is 5.97 Å². The first-order chi connectivity index (χ1) is 5.11. The summed E-state index contributed by atoms with van der Waals surface area (Å²) < 4.78 is 0. The molecule has 3 N–H and O–H groups in total. The standard InChI is InChI=1S/C6H13NO3S/c1-7-6(10)4(11-2)3-5(8)9/h4,6-7,10H,3H2,1-2H3,(H,8,9)/t4-,6?/m0/s1. The Morgan fingerprint density at radius 1 is 1.73 bits per heavy atom. The number of carboxylic acid groups (broad SMARTS) is 1. The quantitative estimate of drug-likeness (QED) is 0.507. The van der Waals surface area contributed by atoms with Gasteiger partial charge in [-0.15, -0.1) is 0 Å². The highest BCUT2D eigenvalue weighted by Gasteiger charge is 2.18. The van der Waals surface area contributed by atoms with E-state index in [9.17, 15) is 9.90 Å². The lowest BCUT2D eigenvalue weighted by Crippen LogP contribution is -2.36. The van der Waals surface area contributed by atoms with E-state index in [2.05, 4.69) is 5.32 Å². The van der Waals surface area contributed by atoms with Gasteiger partial charge in [0.05, 0.1) is 11.7 Å². The predicted octanol–water partition coefficient (Wildman–Crippen LogP) is -0.270. The molecule has 4 nitrogen and oxygen atoms in total. The molecule has 0 aliphatic heterocycles. The summed E-state index contributed by atoms with van der Waals surface area (Å²) in [6, 6.07) is 0. The van der Waals surface area contributed by atoms with Gasteiger partial charge in [-0.3, -0.25) is 10.1 Å². The summed E-state index contributed by atoms with van der Waals surface area (Å²) in [6.07, 6.45) is 0.998. The second kappa shape index (κ2) is 5.40. The topological polar surface area (TPSA) is 69.6 Å². The molecule has 2 atom stereocenters. The van der Waals surface area contributed by atoms with Gasteiger partial charge in [-0.1, -0.05) is 0 Å². The minimum atomic E-state index is -0.890. The highest BCUT2D eigenvalue weighted by atomic mass is 32.2. The Balaban J connectivity index is 3.84. The molecule has 0 radical (unpaired) electrons. The second-order valence-corrected chi connectivity index (χ2v) is 3.18. The van der Waals surface area contributed by atoms with Crippen molar-refractivity contribution in [3.8, 4) is 0 Å². The van der Waals surface area contributed by atoms with Crippen molar-refractivity contribution in [1.29, 1.82) is 0 Å². The Morgan fingerprint density at radius 2 is 2.27 bits per heavy atom. The van der Waals surface area contributed by atoms with Crippen molar-refractivity contribution in [3.63, 3.8) is 0 Å². The summed E-state index contributed by atoms with van der Waals surface area (Å²) in [5.74, 6) is -0.890. The Kier molecular flexibility index (Phi) is 5.27. The van der Waals surface area contributed by atoms with Crippen LogP contribution in [-0.2, 0) is 4.79 Å². The molecule has 0 bridgehead atoms. The number of aliphatic hydroxyl groups is 1. The second-order valence-electron chi connectivity index (χ2n) is 2.11. The third-order valence-corrected chi connectivity index (χ3v) is 2.36. The number of hydrogen-bond acceptors (Lipinski definition) is 4. The van der Waals surface area contributed by atoms with E-state index in [0.29, 0.717) is 0 Å². The number of carbonyl (C=O) groups is 1. The third kappa shape index (κ3) is 4.23. The van der Waals surface area contributed by atoms with Crippen LogP contribution in [0.25, 0.3) is 0 Å². The van der Waals surface area contributed by atoms with Gasteiger partial charge in [-0.25, -0.2) is 0 Å². The monoisotopic (exact) mass is 179 g/mol. The molecule has 0 spiro atoms. The van der Waals surface area contributed by atoms with Crippen LogP contribution in [0.4, 0.5) is 0 Å². The maximum absolute atomic E-state index is 10.2. The first-order valence-electron chi connectivity index (χ1n) is 3.21. The van der Waals surface area contributed by atoms with Gasteiger partial charge in [-0.2, -0.15) is 11.8 Å². The Hall–Kier alpha value is -0.260. The molecule has 0 aliphatic carbocycles. The molecule has 0 saturated carbocycles. The molecule has 0 fully saturated rings. The summed E-state index contributed by atoms with van der Waals surface area (Å²) in [6.45, 7) is 0. The molecule has 66 valence electrons. The van der Waals surface area contributed by atoms with Gasteiger partial charge in [0.1, 0.15) is 6.23 Å². The van der Waals surface area contributed by atoms with Crippen molar-refractivity contribution in [1.82, 2.24) is 5.32 Å². The lowest BCUT2D eigenvalue weighted by molar-refractivity contribution is -0.137. The number of aliphatic hydroxyl groups excluding tert-OH is 1. The summed E-state index contributed by atoms with van der Waals surface area (Å²) in [4.78, 5) is 10.2. The SMILES string of the molecule is CNC(O)[C@H](CC(=O)O)SC. The van der Waals surface area contributed by atoms with Crippen molar-refractivity contribution in [2.24, 2.45) is 0 Å². The van der Waals surface area contributed by atoms with Crippen LogP contribution in [0.5, 0.6) is 0 Å². The van der Waals surface area contributed by atoms with Crippen LogP contribution in [0.1, 0.15) is 6.42 Å². The van der Waals surface area contributed by atoms with E-state index in [0.717, 1.165) is 0 Å². The highest BCUT2D eigenvalue weighted by molar-refractivity contribution is 7.99. The van der Waals surface area contributed by atoms with Crippen molar-refractivity contribution in [3.05, 3.63) is 0 Å². The van der Waals surface area contributed by atoms with E-state index < -0.39 is 12.2 Å². The van der Waals surface area contributed by atoms with Crippen molar-refractivity contribution < 1.29 is 15.0 Å². The van der Waals surface area contributed by atoms with Gasteiger partial charge in [0.25, 0.3) is 0 Å². The number of rotatable bonds is 5. The van der Waals surface area contributed by atoms with E-state index in [1.807, 2.05) is 0 Å². The van der Waals surface area contributed by atoms with Crippen LogP contribution < -0.4 is 5.32 Å². The van der Waals surface area contributed by atoms with Gasteiger partial charge in [0.2, 0.25) is 0 Å². The summed E-state index contributed by atoms with van der Waals surface area (Å²) in [5, 5.41) is 19.9. The fraction of sp³-hybridized carbons (Fsp3) is 0.833. The van der Waals surface area contributed by atoms with E-state index in [1.54, 1.807) is 13.3 Å². The zero-order valence-electron chi connectivity index (χ0n) is 6.57. The van der Waals surface area contributed by atoms with E-state index in [-0.39, 0.29) is 11.7 Å². The zero-order valence-corrected chi connectivity index (χ0v) is 7.39. The van der Waals surface area contributed by atoms with Gasteiger partial charge in [-0.05, 0) is 13.3 Å². The highest BCUT2D eigenvalue weighted by Crippen LogP contribution is 2.13. The van der Waals surface area contributed by atoms with Crippen molar-refractivity contribution in [2.75, 3.05) is 13.3 Å². The fourth-order valence-electron chi connectivity index (χ4n) is 0.682. The maximum atomic E-state index is 10.2. The third-order valence-electron chi connectivity index (χ3n) is 1.33. The fourth-order valence-corrected chi connectivity index (χ4v) is 1.38. The van der Waals surface area contributed by atoms with Gasteiger partial charge < -0.3 is 10.2 Å². The molecule has 0 aromatic heterocycles. The molecular weight excluding hydrogens is 166 g/mol. The van der Waals surface area contributed by atoms with Gasteiger partial charge in [0, 0.05) is 0 Å². The van der Waals surface area contributed by atoms with Crippen LogP contribution >= 0.6 is 11.8 Å². The molecule has 0 aromatic carbocycles. The Bertz CT molecular complexity index is 131. The molecule has 0 aliphatic rings. The summed E-state index contributed by atoms with van der Waals surface area (Å²) >= 11 is 1.34. The number of thioether (sulfide) groups is 1. The number of aliphatic carboxylic acids is 1. The molecule has 11 heavy (non-hydrogen) atoms. The molecule has 0 rings (SSSR count). The van der Waals surface area contributed by atoms with Crippen LogP contribution in [0.15, 0.2) is 0 Å². The molecule has 0 amide bonds. The molecular formula is C6H13NO3S. The van der Waals surface area contributed by atoms with Gasteiger partial charge in [0.15, 0.2) is 0 Å². The summed E-state index contributed by atoms with van der Waals surface area (Å²) in [5.41, 5.74) is 0. The van der Waals surface area contributed by atoms with Crippen molar-refractivity contribution in [2.45, 2.75) is 17.9 Å². The van der Waals surface area contributed by atoms with E-state index in [4.69, 9.17) is 5.11 Å². The molecule has 1 unspecified atom stereocenters. The molecule has 0 saturated heterocycles.